The second-order valence-corrected chi connectivity index (χ2v) is 4.00. The van der Waals surface area contributed by atoms with E-state index in [1.54, 1.807) is 0 Å². The molecule has 1 aromatic rings. The van der Waals surface area contributed by atoms with Crippen LogP contribution < -0.4 is 4.74 Å². The van der Waals surface area contributed by atoms with Crippen molar-refractivity contribution in [1.29, 1.82) is 10.5 Å². The van der Waals surface area contributed by atoms with E-state index in [9.17, 15) is 4.79 Å². The van der Waals surface area contributed by atoms with Gasteiger partial charge in [0.2, 0.25) is 0 Å². The molecule has 4 heteroatoms. The van der Waals surface area contributed by atoms with Gasteiger partial charge in [0.25, 0.3) is 0 Å². The van der Waals surface area contributed by atoms with Crippen molar-refractivity contribution in [3.05, 3.63) is 29.3 Å². The number of Topliss-reactive ketones (excluding diaryl/α,β-unsaturated/α-hetero) is 1. The Morgan fingerprint density at radius 3 is 2.29 bits per heavy atom. The molecule has 1 saturated carbocycles. The average Bonchev–Trinajstić information content (AvgIpc) is 3.19. The van der Waals surface area contributed by atoms with Gasteiger partial charge in [-0.3, -0.25) is 4.79 Å². The Kier molecular flexibility index (Phi) is 3.07. The van der Waals surface area contributed by atoms with Crippen LogP contribution in [0.3, 0.4) is 0 Å². The molecular weight excluding hydrogens is 216 g/mol. The van der Waals surface area contributed by atoms with Crippen LogP contribution in [0.4, 0.5) is 0 Å². The van der Waals surface area contributed by atoms with Crippen LogP contribution in [0.1, 0.15) is 24.0 Å². The minimum absolute atomic E-state index is 0.0183. The summed E-state index contributed by atoms with van der Waals surface area (Å²) in [4.78, 5) is 11.4. The highest BCUT2D eigenvalue weighted by molar-refractivity contribution is 5.84. The lowest BCUT2D eigenvalue weighted by molar-refractivity contribution is -0.122. The molecule has 0 N–H and O–H groups in total. The third-order valence-corrected chi connectivity index (χ3v) is 2.58. The SMILES string of the molecule is N#Cc1cc(C#N)cc(OCC(=O)C2CC2)c1. The van der Waals surface area contributed by atoms with Crippen molar-refractivity contribution in [3.8, 4) is 17.9 Å². The number of nitrogens with zero attached hydrogens (tertiary/aromatic N) is 2. The minimum atomic E-state index is 0.0183. The first-order valence-electron chi connectivity index (χ1n) is 5.33. The molecule has 0 bridgehead atoms. The lowest BCUT2D eigenvalue weighted by atomic mass is 10.1. The standard InChI is InChI=1S/C13H10N2O2/c14-6-9-3-10(7-15)5-12(4-9)17-8-13(16)11-1-2-11/h3-5,11H,1-2,8H2. The van der Waals surface area contributed by atoms with E-state index in [2.05, 4.69) is 0 Å². The Labute approximate surface area is 99.0 Å². The van der Waals surface area contributed by atoms with Gasteiger partial charge in [-0.05, 0) is 31.0 Å². The van der Waals surface area contributed by atoms with Gasteiger partial charge in [-0.15, -0.1) is 0 Å². The minimum Gasteiger partial charge on any atom is -0.486 e. The Morgan fingerprint density at radius 2 is 1.82 bits per heavy atom. The lowest BCUT2D eigenvalue weighted by Gasteiger charge is -2.05. The van der Waals surface area contributed by atoms with Gasteiger partial charge in [0, 0.05) is 5.92 Å². The molecule has 0 aromatic heterocycles. The Hall–Kier alpha value is -2.33. The van der Waals surface area contributed by atoms with Crippen LogP contribution in [0.2, 0.25) is 0 Å². The second kappa shape index (κ2) is 4.67. The summed E-state index contributed by atoms with van der Waals surface area (Å²) in [5, 5.41) is 17.6. The average molecular weight is 226 g/mol. The number of carbonyl (C=O) groups is 1. The van der Waals surface area contributed by atoms with E-state index in [4.69, 9.17) is 15.3 Å². The van der Waals surface area contributed by atoms with Crippen molar-refractivity contribution in [3.63, 3.8) is 0 Å². The predicted molar refractivity (Wildman–Crippen MR) is 59.1 cm³/mol. The molecule has 0 atom stereocenters. The Bertz CT molecular complexity index is 501. The molecule has 0 saturated heterocycles. The molecule has 0 radical (unpaired) electrons. The number of ketones is 1. The molecule has 0 unspecified atom stereocenters. The van der Waals surface area contributed by atoms with Crippen LogP contribution in [0.15, 0.2) is 18.2 Å². The maximum atomic E-state index is 11.4. The molecule has 4 nitrogen and oxygen atoms in total. The fraction of sp³-hybridized carbons (Fsp3) is 0.308. The summed E-state index contributed by atoms with van der Waals surface area (Å²) in [6.45, 7) is 0.0183. The molecule has 0 heterocycles. The van der Waals surface area contributed by atoms with Crippen molar-refractivity contribution in [2.75, 3.05) is 6.61 Å². The lowest BCUT2D eigenvalue weighted by Crippen LogP contribution is -2.12. The summed E-state index contributed by atoms with van der Waals surface area (Å²) in [7, 11) is 0. The topological polar surface area (TPSA) is 73.9 Å². The van der Waals surface area contributed by atoms with Crippen molar-refractivity contribution in [2.45, 2.75) is 12.8 Å². The second-order valence-electron chi connectivity index (χ2n) is 4.00. The maximum Gasteiger partial charge on any atom is 0.173 e. The van der Waals surface area contributed by atoms with Gasteiger partial charge in [-0.25, -0.2) is 0 Å². The van der Waals surface area contributed by atoms with Crippen LogP contribution in [0.5, 0.6) is 5.75 Å². The smallest absolute Gasteiger partial charge is 0.173 e. The zero-order chi connectivity index (χ0) is 12.3. The summed E-state index contributed by atoms with van der Waals surface area (Å²) in [6.07, 6.45) is 1.90. The third kappa shape index (κ3) is 2.83. The highest BCUT2D eigenvalue weighted by atomic mass is 16.5. The molecular formula is C13H10N2O2. The first-order valence-corrected chi connectivity index (χ1v) is 5.33. The first kappa shape index (κ1) is 11.2. The monoisotopic (exact) mass is 226 g/mol. The molecule has 1 fully saturated rings. The van der Waals surface area contributed by atoms with E-state index < -0.39 is 0 Å². The third-order valence-electron chi connectivity index (χ3n) is 2.58. The van der Waals surface area contributed by atoms with Crippen LogP contribution >= 0.6 is 0 Å². The van der Waals surface area contributed by atoms with E-state index in [1.165, 1.54) is 18.2 Å². The van der Waals surface area contributed by atoms with Gasteiger partial charge in [-0.2, -0.15) is 10.5 Å². The summed E-state index contributed by atoms with van der Waals surface area (Å²) in [5.74, 6) is 0.644. The van der Waals surface area contributed by atoms with E-state index in [-0.39, 0.29) is 18.3 Å². The van der Waals surface area contributed by atoms with Gasteiger partial charge < -0.3 is 4.74 Å². The summed E-state index contributed by atoms with van der Waals surface area (Å²) in [5.41, 5.74) is 0.718. The highest BCUT2D eigenvalue weighted by Crippen LogP contribution is 2.30. The van der Waals surface area contributed by atoms with Crippen LogP contribution in [-0.4, -0.2) is 12.4 Å². The molecule has 0 amide bonds. The summed E-state index contributed by atoms with van der Waals surface area (Å²) >= 11 is 0. The number of carbonyl (C=O) groups excluding carboxylic acids is 1. The predicted octanol–water partition coefficient (Wildman–Crippen LogP) is 1.79. The Balaban J connectivity index is 2.07. The normalized spacial score (nSPS) is 13.5. The van der Waals surface area contributed by atoms with Gasteiger partial charge in [0.15, 0.2) is 5.78 Å². The van der Waals surface area contributed by atoms with E-state index in [0.717, 1.165) is 12.8 Å². The van der Waals surface area contributed by atoms with Gasteiger partial charge in [0.1, 0.15) is 12.4 Å². The zero-order valence-electron chi connectivity index (χ0n) is 9.14. The van der Waals surface area contributed by atoms with Gasteiger partial charge >= 0.3 is 0 Å². The highest BCUT2D eigenvalue weighted by Gasteiger charge is 2.29. The number of ether oxygens (including phenoxy) is 1. The van der Waals surface area contributed by atoms with Crippen LogP contribution in [0, 0.1) is 28.6 Å². The number of rotatable bonds is 4. The molecule has 0 spiro atoms. The number of benzene rings is 1. The quantitative estimate of drug-likeness (QED) is 0.784. The van der Waals surface area contributed by atoms with Crippen molar-refractivity contribution < 1.29 is 9.53 Å². The van der Waals surface area contributed by atoms with Crippen molar-refractivity contribution in [2.24, 2.45) is 5.92 Å². The first-order chi connectivity index (χ1) is 8.22. The fourth-order valence-corrected chi connectivity index (χ4v) is 1.49. The summed E-state index contributed by atoms with van der Waals surface area (Å²) in [6, 6.07) is 8.44. The Morgan fingerprint density at radius 1 is 1.24 bits per heavy atom. The van der Waals surface area contributed by atoms with E-state index >= 15 is 0 Å². The zero-order valence-corrected chi connectivity index (χ0v) is 9.14. The molecule has 0 aliphatic heterocycles. The number of nitriles is 2. The molecule has 2 rings (SSSR count). The molecule has 84 valence electrons. The van der Waals surface area contributed by atoms with Crippen LogP contribution in [-0.2, 0) is 4.79 Å². The van der Waals surface area contributed by atoms with Crippen LogP contribution in [0.25, 0.3) is 0 Å². The van der Waals surface area contributed by atoms with Gasteiger partial charge in [-0.1, -0.05) is 0 Å². The molecule has 17 heavy (non-hydrogen) atoms. The summed E-state index contributed by atoms with van der Waals surface area (Å²) < 4.78 is 5.30. The van der Waals surface area contributed by atoms with Gasteiger partial charge in [0.05, 0.1) is 23.3 Å². The molecule has 1 aliphatic carbocycles. The molecule has 1 aliphatic rings. The largest absolute Gasteiger partial charge is 0.486 e. The van der Waals surface area contributed by atoms with E-state index in [0.29, 0.717) is 16.9 Å². The van der Waals surface area contributed by atoms with E-state index in [1.807, 2.05) is 12.1 Å². The molecule has 1 aromatic carbocycles. The fourth-order valence-electron chi connectivity index (χ4n) is 1.49. The maximum absolute atomic E-state index is 11.4. The number of hydrogen-bond acceptors (Lipinski definition) is 4. The van der Waals surface area contributed by atoms with Crippen molar-refractivity contribution >= 4 is 5.78 Å². The number of hydrogen-bond donors (Lipinski definition) is 0. The van der Waals surface area contributed by atoms with Crippen molar-refractivity contribution in [1.82, 2.24) is 0 Å².